The lowest BCUT2D eigenvalue weighted by atomic mass is 10.2. The number of ether oxygens (including phenoxy) is 1. The van der Waals surface area contributed by atoms with Gasteiger partial charge in [-0.05, 0) is 38.9 Å². The number of hydrogen-bond donors (Lipinski definition) is 1. The van der Waals surface area contributed by atoms with Gasteiger partial charge in [0.05, 0.1) is 5.69 Å². The molecule has 1 N–H and O–H groups in total. The predicted octanol–water partition coefficient (Wildman–Crippen LogP) is 1.91. The summed E-state index contributed by atoms with van der Waals surface area (Å²) in [7, 11) is 1.94. The minimum absolute atomic E-state index is 0.392. The summed E-state index contributed by atoms with van der Waals surface area (Å²) < 4.78 is 7.80. The first kappa shape index (κ1) is 15.4. The molecule has 2 heterocycles. The molecule has 0 saturated heterocycles. The lowest BCUT2D eigenvalue weighted by molar-refractivity contribution is 0.285. The maximum absolute atomic E-state index is 5.88. The summed E-state index contributed by atoms with van der Waals surface area (Å²) in [5, 5.41) is 11.5. The zero-order valence-corrected chi connectivity index (χ0v) is 13.2. The van der Waals surface area contributed by atoms with Crippen LogP contribution in [0.25, 0.3) is 0 Å². The summed E-state index contributed by atoms with van der Waals surface area (Å²) in [6, 6.07) is 3.93. The second-order valence-electron chi connectivity index (χ2n) is 5.09. The quantitative estimate of drug-likeness (QED) is 0.789. The first-order valence-corrected chi connectivity index (χ1v) is 7.26. The van der Waals surface area contributed by atoms with Crippen LogP contribution in [0.1, 0.15) is 36.4 Å². The summed E-state index contributed by atoms with van der Waals surface area (Å²) in [5.41, 5.74) is 1.92. The molecular formula is C15H23N5O. The minimum atomic E-state index is 0.392. The Morgan fingerprint density at radius 3 is 2.71 bits per heavy atom. The Labute approximate surface area is 125 Å². The van der Waals surface area contributed by atoms with Crippen molar-refractivity contribution in [3.63, 3.8) is 0 Å². The molecule has 0 unspecified atom stereocenters. The third-order valence-electron chi connectivity index (χ3n) is 3.33. The topological polar surface area (TPSA) is 64.9 Å². The summed E-state index contributed by atoms with van der Waals surface area (Å²) in [4.78, 5) is 4.55. The molecule has 0 atom stereocenters. The molecule has 6 heteroatoms. The highest BCUT2D eigenvalue weighted by atomic mass is 16.5. The van der Waals surface area contributed by atoms with Gasteiger partial charge in [-0.15, -0.1) is 10.2 Å². The van der Waals surface area contributed by atoms with Crippen LogP contribution >= 0.6 is 0 Å². The van der Waals surface area contributed by atoms with Crippen LogP contribution in [-0.4, -0.2) is 26.3 Å². The number of pyridine rings is 1. The monoisotopic (exact) mass is 289 g/mol. The molecular weight excluding hydrogens is 266 g/mol. The van der Waals surface area contributed by atoms with E-state index in [0.29, 0.717) is 13.2 Å². The largest absolute Gasteiger partial charge is 0.484 e. The van der Waals surface area contributed by atoms with Crippen molar-refractivity contribution in [3.8, 4) is 5.75 Å². The third kappa shape index (κ3) is 4.01. The molecule has 0 spiro atoms. The van der Waals surface area contributed by atoms with E-state index < -0.39 is 0 Å². The van der Waals surface area contributed by atoms with Crippen molar-refractivity contribution in [2.45, 2.75) is 40.3 Å². The average Bonchev–Trinajstić information content (AvgIpc) is 2.78. The molecule has 0 saturated carbocycles. The van der Waals surface area contributed by atoms with Gasteiger partial charge in [0.2, 0.25) is 0 Å². The van der Waals surface area contributed by atoms with Crippen LogP contribution in [0.2, 0.25) is 0 Å². The van der Waals surface area contributed by atoms with E-state index in [2.05, 4.69) is 27.4 Å². The number of rotatable bonds is 7. The van der Waals surface area contributed by atoms with Gasteiger partial charge >= 0.3 is 0 Å². The van der Waals surface area contributed by atoms with E-state index in [-0.39, 0.29) is 0 Å². The molecule has 114 valence electrons. The molecule has 2 aromatic heterocycles. The molecule has 0 amide bonds. The Morgan fingerprint density at radius 2 is 2.05 bits per heavy atom. The fraction of sp³-hybridized carbons (Fsp3) is 0.533. The Balaban J connectivity index is 2.06. The van der Waals surface area contributed by atoms with Gasteiger partial charge in [-0.1, -0.05) is 6.92 Å². The maximum Gasteiger partial charge on any atom is 0.170 e. The fourth-order valence-electron chi connectivity index (χ4n) is 1.96. The lowest BCUT2D eigenvalue weighted by Crippen LogP contribution is -2.16. The van der Waals surface area contributed by atoms with Crippen molar-refractivity contribution in [3.05, 3.63) is 35.2 Å². The highest BCUT2D eigenvalue weighted by Gasteiger charge is 2.09. The molecule has 21 heavy (non-hydrogen) atoms. The number of nitrogens with zero attached hydrogens (tertiary/aromatic N) is 4. The van der Waals surface area contributed by atoms with Crippen LogP contribution in [0.5, 0.6) is 5.75 Å². The molecule has 0 bridgehead atoms. The number of aromatic nitrogens is 4. The molecule has 0 fully saturated rings. The molecule has 2 aromatic rings. The molecule has 0 aromatic carbocycles. The van der Waals surface area contributed by atoms with E-state index >= 15 is 0 Å². The highest BCUT2D eigenvalue weighted by molar-refractivity contribution is 5.29. The Hall–Kier alpha value is -1.95. The second kappa shape index (κ2) is 7.17. The summed E-state index contributed by atoms with van der Waals surface area (Å²) in [6.07, 6.45) is 1.10. The van der Waals surface area contributed by atoms with E-state index in [4.69, 9.17) is 4.74 Å². The van der Waals surface area contributed by atoms with Crippen molar-refractivity contribution >= 4 is 0 Å². The Kier molecular flexibility index (Phi) is 5.27. The van der Waals surface area contributed by atoms with Gasteiger partial charge in [0.25, 0.3) is 0 Å². The third-order valence-corrected chi connectivity index (χ3v) is 3.33. The summed E-state index contributed by atoms with van der Waals surface area (Å²) in [6.45, 7) is 8.12. The Morgan fingerprint density at radius 1 is 1.24 bits per heavy atom. The summed E-state index contributed by atoms with van der Waals surface area (Å²) >= 11 is 0. The van der Waals surface area contributed by atoms with Crippen molar-refractivity contribution in [2.24, 2.45) is 7.05 Å². The summed E-state index contributed by atoms with van der Waals surface area (Å²) in [5.74, 6) is 2.48. The van der Waals surface area contributed by atoms with Crippen LogP contribution in [0.15, 0.2) is 12.1 Å². The minimum Gasteiger partial charge on any atom is -0.484 e. The van der Waals surface area contributed by atoms with Gasteiger partial charge in [0.1, 0.15) is 18.2 Å². The van der Waals surface area contributed by atoms with E-state index in [1.54, 1.807) is 0 Å². The van der Waals surface area contributed by atoms with Crippen LogP contribution in [0.3, 0.4) is 0 Å². The predicted molar refractivity (Wildman–Crippen MR) is 81.0 cm³/mol. The van der Waals surface area contributed by atoms with Crippen molar-refractivity contribution in [2.75, 3.05) is 6.54 Å². The van der Waals surface area contributed by atoms with Crippen molar-refractivity contribution < 1.29 is 4.74 Å². The van der Waals surface area contributed by atoms with E-state index in [1.807, 2.05) is 37.6 Å². The Bertz CT molecular complexity index is 594. The molecule has 0 radical (unpaired) electrons. The van der Waals surface area contributed by atoms with E-state index in [0.717, 1.165) is 41.8 Å². The highest BCUT2D eigenvalue weighted by Crippen LogP contribution is 2.18. The van der Waals surface area contributed by atoms with Crippen LogP contribution < -0.4 is 10.1 Å². The zero-order chi connectivity index (χ0) is 15.2. The van der Waals surface area contributed by atoms with E-state index in [9.17, 15) is 0 Å². The molecule has 2 rings (SSSR count). The standard InChI is InChI=1S/C15H23N5O/c1-5-8-16-9-13-14(7-6-11(2)17-13)21-10-15-19-18-12(3)20(15)4/h6-7,16H,5,8-10H2,1-4H3. The average molecular weight is 289 g/mol. The zero-order valence-electron chi connectivity index (χ0n) is 13.2. The fourth-order valence-corrected chi connectivity index (χ4v) is 1.96. The first-order valence-electron chi connectivity index (χ1n) is 7.26. The van der Waals surface area contributed by atoms with Gasteiger partial charge in [0, 0.05) is 19.3 Å². The van der Waals surface area contributed by atoms with Crippen LogP contribution in [-0.2, 0) is 20.2 Å². The number of aryl methyl sites for hydroxylation is 2. The van der Waals surface area contributed by atoms with Gasteiger partial charge in [-0.25, -0.2) is 0 Å². The first-order chi connectivity index (χ1) is 10.1. The van der Waals surface area contributed by atoms with Crippen molar-refractivity contribution in [1.29, 1.82) is 0 Å². The molecule has 0 aliphatic carbocycles. The smallest absolute Gasteiger partial charge is 0.170 e. The lowest BCUT2D eigenvalue weighted by Gasteiger charge is -2.12. The van der Waals surface area contributed by atoms with Gasteiger partial charge in [-0.2, -0.15) is 0 Å². The number of hydrogen-bond acceptors (Lipinski definition) is 5. The van der Waals surface area contributed by atoms with Crippen LogP contribution in [0, 0.1) is 13.8 Å². The van der Waals surface area contributed by atoms with Gasteiger partial charge in [-0.3, -0.25) is 4.98 Å². The molecule has 0 aliphatic heterocycles. The molecule has 6 nitrogen and oxygen atoms in total. The normalized spacial score (nSPS) is 10.9. The number of nitrogens with one attached hydrogen (secondary N) is 1. The van der Waals surface area contributed by atoms with Crippen molar-refractivity contribution in [1.82, 2.24) is 25.1 Å². The maximum atomic E-state index is 5.88. The van der Waals surface area contributed by atoms with Gasteiger partial charge in [0.15, 0.2) is 5.82 Å². The molecule has 0 aliphatic rings. The van der Waals surface area contributed by atoms with Gasteiger partial charge < -0.3 is 14.6 Å². The van der Waals surface area contributed by atoms with E-state index in [1.165, 1.54) is 0 Å². The SMILES string of the molecule is CCCNCc1nc(C)ccc1OCc1nnc(C)n1C. The van der Waals surface area contributed by atoms with Crippen LogP contribution in [0.4, 0.5) is 0 Å². The second-order valence-corrected chi connectivity index (χ2v) is 5.09.